The van der Waals surface area contributed by atoms with Crippen molar-refractivity contribution >= 4 is 41.2 Å². The zero-order chi connectivity index (χ0) is 40.5. The van der Waals surface area contributed by atoms with E-state index >= 15 is 4.79 Å². The van der Waals surface area contributed by atoms with Crippen LogP contribution in [0, 0.1) is 16.8 Å². The number of benzene rings is 2. The van der Waals surface area contributed by atoms with Gasteiger partial charge >= 0.3 is 12.3 Å². The van der Waals surface area contributed by atoms with Gasteiger partial charge in [0.2, 0.25) is 5.95 Å². The van der Waals surface area contributed by atoms with E-state index in [9.17, 15) is 31.1 Å². The lowest BCUT2D eigenvalue weighted by atomic mass is 9.75. The summed E-state index contributed by atoms with van der Waals surface area (Å²) < 4.78 is 91.5. The van der Waals surface area contributed by atoms with Gasteiger partial charge in [0.15, 0.2) is 11.8 Å². The number of halogens is 8. The molecule has 56 heavy (non-hydrogen) atoms. The summed E-state index contributed by atoms with van der Waals surface area (Å²) in [5.74, 6) is -2.71. The highest BCUT2D eigenvalue weighted by Gasteiger charge is 2.65. The van der Waals surface area contributed by atoms with E-state index in [1.165, 1.54) is 24.3 Å². The van der Waals surface area contributed by atoms with E-state index in [-0.39, 0.29) is 57.7 Å². The van der Waals surface area contributed by atoms with Crippen LogP contribution in [-0.4, -0.2) is 65.7 Å². The quantitative estimate of drug-likeness (QED) is 0.129. The normalized spacial score (nSPS) is 20.0. The van der Waals surface area contributed by atoms with Crippen LogP contribution in [0.3, 0.4) is 0 Å². The lowest BCUT2D eigenvalue weighted by Crippen LogP contribution is -2.49. The van der Waals surface area contributed by atoms with Crippen LogP contribution in [0.25, 0.3) is 16.8 Å². The highest BCUT2D eigenvalue weighted by Crippen LogP contribution is 2.49. The van der Waals surface area contributed by atoms with Crippen molar-refractivity contribution in [3.05, 3.63) is 81.9 Å². The van der Waals surface area contributed by atoms with Crippen molar-refractivity contribution in [2.45, 2.75) is 88.6 Å². The van der Waals surface area contributed by atoms with Crippen LogP contribution in [0.5, 0.6) is 0 Å². The molecule has 3 fully saturated rings. The molecule has 0 unspecified atom stereocenters. The molecular weight excluding hydrogens is 791 g/mol. The first kappa shape index (κ1) is 39.4. The Labute approximate surface area is 326 Å². The molecule has 298 valence electrons. The summed E-state index contributed by atoms with van der Waals surface area (Å²) in [6.07, 6.45) is -5.70. The number of alkyl carbamates (subject to hydrolysis) is 1. The fourth-order valence-corrected chi connectivity index (χ4v) is 7.57. The maximum atomic E-state index is 15.0. The second-order valence-electron chi connectivity index (χ2n) is 15.4. The van der Waals surface area contributed by atoms with Crippen LogP contribution in [0.4, 0.5) is 31.1 Å². The maximum Gasteiger partial charge on any atom is 0.411 e. The number of alkyl halides is 5. The zero-order valence-electron chi connectivity index (χ0n) is 30.0. The number of rotatable bonds is 11. The third kappa shape index (κ3) is 7.28. The van der Waals surface area contributed by atoms with Crippen molar-refractivity contribution in [2.24, 2.45) is 5.41 Å². The molecule has 2 aliphatic carbocycles. The molecule has 3 N–H and O–H groups in total. The van der Waals surface area contributed by atoms with Gasteiger partial charge in [-0.3, -0.25) is 19.8 Å². The number of carbonyl (C=O) groups excluding carboxylic acids is 2. The average molecular weight is 827 g/mol. The van der Waals surface area contributed by atoms with Crippen molar-refractivity contribution in [2.75, 3.05) is 6.61 Å². The highest BCUT2D eigenvalue weighted by atomic mass is 35.5. The molecule has 4 aromatic rings. The molecule has 2 amide bonds. The van der Waals surface area contributed by atoms with Gasteiger partial charge in [-0.2, -0.15) is 22.7 Å². The Morgan fingerprint density at radius 1 is 1.11 bits per heavy atom. The zero-order valence-corrected chi connectivity index (χ0v) is 31.5. The van der Waals surface area contributed by atoms with Gasteiger partial charge in [-0.15, -0.1) is 5.10 Å². The Hall–Kier alpha value is -4.84. The molecule has 1 saturated heterocycles. The van der Waals surface area contributed by atoms with Gasteiger partial charge in [-0.1, -0.05) is 62.2 Å². The number of guanidine groups is 1. The molecule has 2 aromatic carbocycles. The Kier molecular flexibility index (Phi) is 9.83. The van der Waals surface area contributed by atoms with E-state index in [2.05, 4.69) is 20.5 Å². The smallest absolute Gasteiger partial charge is 0.411 e. The summed E-state index contributed by atoms with van der Waals surface area (Å²) in [6, 6.07) is 7.25. The van der Waals surface area contributed by atoms with Gasteiger partial charge in [0.05, 0.1) is 28.4 Å². The second kappa shape index (κ2) is 14.0. The molecule has 3 heterocycles. The lowest BCUT2D eigenvalue weighted by Gasteiger charge is -2.35. The SMILES string of the molecule is CC(C)(C)C[C@]1(c2ccc(-c3cn(C4CC4)nc3F)cc2Cl)NC(=N)N([C@H](COC(=O)NC2(C(F)(F)F)CC2)c2ccc(Cl)c(-n3ncnc3C(F)F)c2)C1=O. The van der Waals surface area contributed by atoms with Crippen LogP contribution >= 0.6 is 23.2 Å². The van der Waals surface area contributed by atoms with Crippen molar-refractivity contribution in [1.29, 1.82) is 5.41 Å². The van der Waals surface area contributed by atoms with Gasteiger partial charge in [0.1, 0.15) is 24.0 Å². The number of hydrogen-bond donors (Lipinski definition) is 3. The standard InChI is InChI=1S/C36H35Cl2F6N9O3/c1-33(2,3)16-35(22-8-4-18(12-24(22)38)21-14-51(20-6-7-20)50-28(21)41)30(54)52(31(45)48-35)26(15-56-32(55)49-34(10-11-34)36(42,43)44)19-5-9-23(37)25(13-19)53-29(27(39)40)46-17-47-53/h4-5,8-9,12-14,17,20,26-27H,6-7,10-11,15-16H2,1-3H3,(H2,45,48)(H,49,55)/t26-,35-/m1/s1. The minimum atomic E-state index is -4.75. The van der Waals surface area contributed by atoms with Crippen LogP contribution in [0.1, 0.15) is 88.3 Å². The van der Waals surface area contributed by atoms with Crippen molar-refractivity contribution in [3.8, 4) is 16.8 Å². The molecule has 0 bridgehead atoms. The van der Waals surface area contributed by atoms with Gasteiger partial charge in [-0.25, -0.2) is 23.2 Å². The largest absolute Gasteiger partial charge is 0.447 e. The number of ether oxygens (including phenoxy) is 1. The van der Waals surface area contributed by atoms with Gasteiger partial charge < -0.3 is 15.4 Å². The Morgan fingerprint density at radius 2 is 1.82 bits per heavy atom. The fourth-order valence-electron chi connectivity index (χ4n) is 7.03. The second-order valence-corrected chi connectivity index (χ2v) is 16.2. The molecular formula is C36H35Cl2F6N9O3. The van der Waals surface area contributed by atoms with E-state index in [4.69, 9.17) is 33.3 Å². The molecule has 2 atom stereocenters. The molecule has 7 rings (SSSR count). The van der Waals surface area contributed by atoms with E-state index in [0.717, 1.165) is 28.8 Å². The summed E-state index contributed by atoms with van der Waals surface area (Å²) in [7, 11) is 0. The number of nitrogens with one attached hydrogen (secondary N) is 3. The van der Waals surface area contributed by atoms with Gasteiger partial charge in [0, 0.05) is 16.8 Å². The van der Waals surface area contributed by atoms with Crippen molar-refractivity contribution < 1.29 is 40.7 Å². The predicted octanol–water partition coefficient (Wildman–Crippen LogP) is 8.41. The van der Waals surface area contributed by atoms with Crippen LogP contribution < -0.4 is 10.6 Å². The number of amides is 2. The summed E-state index contributed by atoms with van der Waals surface area (Å²) in [5, 5.41) is 21.8. The molecule has 2 saturated carbocycles. The van der Waals surface area contributed by atoms with Crippen LogP contribution in [0.15, 0.2) is 48.9 Å². The molecule has 0 spiro atoms. The van der Waals surface area contributed by atoms with Crippen LogP contribution in [0.2, 0.25) is 10.0 Å². The third-order valence-electron chi connectivity index (χ3n) is 9.97. The molecule has 1 aliphatic heterocycles. The van der Waals surface area contributed by atoms with Gasteiger partial charge in [-0.05, 0) is 66.8 Å². The lowest BCUT2D eigenvalue weighted by molar-refractivity contribution is -0.164. The molecule has 3 aliphatic rings. The predicted molar refractivity (Wildman–Crippen MR) is 191 cm³/mol. The minimum absolute atomic E-state index is 0.0372. The Bertz CT molecular complexity index is 2210. The van der Waals surface area contributed by atoms with E-state index < -0.39 is 71.5 Å². The van der Waals surface area contributed by atoms with Crippen molar-refractivity contribution in [3.63, 3.8) is 0 Å². The molecule has 12 nitrogen and oxygen atoms in total. The number of carbonyl (C=O) groups is 2. The monoisotopic (exact) mass is 825 g/mol. The summed E-state index contributed by atoms with van der Waals surface area (Å²) in [6.45, 7) is 4.76. The van der Waals surface area contributed by atoms with E-state index in [0.29, 0.717) is 5.56 Å². The van der Waals surface area contributed by atoms with E-state index in [1.54, 1.807) is 23.0 Å². The first-order valence-corrected chi connectivity index (χ1v) is 18.2. The highest BCUT2D eigenvalue weighted by molar-refractivity contribution is 6.32. The number of aromatic nitrogens is 5. The Morgan fingerprint density at radius 3 is 2.43 bits per heavy atom. The topological polar surface area (TPSA) is 143 Å². The maximum absolute atomic E-state index is 15.0. The van der Waals surface area contributed by atoms with Crippen molar-refractivity contribution in [1.82, 2.24) is 40.1 Å². The summed E-state index contributed by atoms with van der Waals surface area (Å²) in [5.41, 5.74) is -4.04. The van der Waals surface area contributed by atoms with Gasteiger partial charge in [0.25, 0.3) is 12.3 Å². The fraction of sp³-hybridized carbons (Fsp3) is 0.444. The molecule has 2 aromatic heterocycles. The molecule has 20 heteroatoms. The van der Waals surface area contributed by atoms with E-state index in [1.807, 2.05) is 26.1 Å². The molecule has 0 radical (unpaired) electrons. The minimum Gasteiger partial charge on any atom is -0.447 e. The summed E-state index contributed by atoms with van der Waals surface area (Å²) in [4.78, 5) is 32.5. The summed E-state index contributed by atoms with van der Waals surface area (Å²) >= 11 is 13.3. The number of hydrogen-bond acceptors (Lipinski definition) is 7. The van der Waals surface area contributed by atoms with Crippen LogP contribution in [-0.2, 0) is 15.1 Å². The number of nitrogens with zero attached hydrogens (tertiary/aromatic N) is 6. The average Bonchev–Trinajstić information content (AvgIpc) is 4.00. The Balaban J connectivity index is 1.29. The first-order valence-electron chi connectivity index (χ1n) is 17.5. The first-order chi connectivity index (χ1) is 26.2. The third-order valence-corrected chi connectivity index (χ3v) is 10.6.